The van der Waals surface area contributed by atoms with Crippen LogP contribution in [0.1, 0.15) is 6.92 Å². The smallest absolute Gasteiger partial charge is 0.352 e. The first kappa shape index (κ1) is 19.1. The number of fused-ring (bicyclic) bond motifs is 1. The van der Waals surface area contributed by atoms with Gasteiger partial charge < -0.3 is 19.3 Å². The van der Waals surface area contributed by atoms with Crippen molar-refractivity contribution in [2.75, 3.05) is 32.7 Å². The van der Waals surface area contributed by atoms with E-state index >= 15 is 0 Å². The minimum atomic E-state index is -1.81. The summed E-state index contributed by atoms with van der Waals surface area (Å²) in [7, 11) is 1.44. The minimum Gasteiger partial charge on any atom is -0.477 e. The molecule has 0 spiro atoms. The number of methoxy groups -OCH3 is 1. The molecule has 1 saturated heterocycles. The first-order chi connectivity index (χ1) is 11.9. The number of carboxylic acid groups (broad SMARTS) is 1. The Balaban J connectivity index is 2.31. The Labute approximate surface area is 146 Å². The fraction of sp³-hybridized carbons (Fsp3) is 0.615. The summed E-state index contributed by atoms with van der Waals surface area (Å²) in [4.78, 5) is 38.8. The number of β-lactam (4-membered cyclic amide) rings is 1. The zero-order valence-electron chi connectivity index (χ0n) is 13.5. The molecule has 2 rings (SSSR count). The SMILES string of the molecule is COCCOC1(N=[N+]=[N-])C(=O)N2C(C(=O)O)=C(COC(C)=O)CS[C@@H]21. The second-order valence-corrected chi connectivity index (χ2v) is 6.17. The maximum absolute atomic E-state index is 12.6. The lowest BCUT2D eigenvalue weighted by Gasteiger charge is -2.54. The van der Waals surface area contributed by atoms with Crippen molar-refractivity contribution in [1.82, 2.24) is 4.90 Å². The molecule has 0 aromatic heterocycles. The Morgan fingerprint density at radius 2 is 2.24 bits per heavy atom. The first-order valence-corrected chi connectivity index (χ1v) is 8.17. The number of rotatable bonds is 8. The van der Waals surface area contributed by atoms with E-state index in [0.717, 1.165) is 16.7 Å². The molecule has 0 bridgehead atoms. The van der Waals surface area contributed by atoms with Crippen LogP contribution in [-0.4, -0.2) is 71.6 Å². The van der Waals surface area contributed by atoms with Crippen molar-refractivity contribution >= 4 is 29.6 Å². The lowest BCUT2D eigenvalue weighted by molar-refractivity contribution is -0.190. The van der Waals surface area contributed by atoms with Gasteiger partial charge in [0.05, 0.1) is 13.2 Å². The quantitative estimate of drug-likeness (QED) is 0.161. The zero-order chi connectivity index (χ0) is 18.6. The summed E-state index contributed by atoms with van der Waals surface area (Å²) in [6, 6.07) is 0. The Hall–Kier alpha value is -2.27. The number of hydrogen-bond acceptors (Lipinski definition) is 8. The van der Waals surface area contributed by atoms with Crippen molar-refractivity contribution in [3.05, 3.63) is 21.7 Å². The number of aliphatic carboxylic acids is 1. The molecule has 1 unspecified atom stereocenters. The third kappa shape index (κ3) is 3.42. The fourth-order valence-corrected chi connectivity index (χ4v) is 3.84. The van der Waals surface area contributed by atoms with Gasteiger partial charge in [-0.05, 0) is 10.6 Å². The number of esters is 1. The summed E-state index contributed by atoms with van der Waals surface area (Å²) < 4.78 is 15.1. The van der Waals surface area contributed by atoms with Crippen molar-refractivity contribution in [2.24, 2.45) is 5.11 Å². The number of carbonyl (C=O) groups is 3. The van der Waals surface area contributed by atoms with Crippen LogP contribution in [0.15, 0.2) is 16.4 Å². The predicted octanol–water partition coefficient (Wildman–Crippen LogP) is 0.473. The molecule has 11 nitrogen and oxygen atoms in total. The number of hydrogen-bond donors (Lipinski definition) is 1. The molecule has 25 heavy (non-hydrogen) atoms. The van der Waals surface area contributed by atoms with Crippen LogP contribution in [0.2, 0.25) is 0 Å². The Bertz CT molecular complexity index is 675. The molecule has 2 atom stereocenters. The second-order valence-electron chi connectivity index (χ2n) is 5.10. The molecule has 0 aromatic rings. The van der Waals surface area contributed by atoms with E-state index in [1.165, 1.54) is 14.0 Å². The average Bonchev–Trinajstić information content (AvgIpc) is 2.57. The van der Waals surface area contributed by atoms with Gasteiger partial charge in [-0.15, -0.1) is 11.8 Å². The second kappa shape index (κ2) is 7.74. The summed E-state index contributed by atoms with van der Waals surface area (Å²) in [5, 5.41) is 12.1. The monoisotopic (exact) mass is 372 g/mol. The Morgan fingerprint density at radius 1 is 1.52 bits per heavy atom. The predicted molar refractivity (Wildman–Crippen MR) is 84.1 cm³/mol. The number of azide groups is 1. The van der Waals surface area contributed by atoms with Gasteiger partial charge in [-0.1, -0.05) is 0 Å². The van der Waals surface area contributed by atoms with Crippen LogP contribution in [-0.2, 0) is 28.6 Å². The van der Waals surface area contributed by atoms with E-state index in [-0.39, 0.29) is 36.8 Å². The summed E-state index contributed by atoms with van der Waals surface area (Å²) >= 11 is 1.16. The van der Waals surface area contributed by atoms with Crippen LogP contribution < -0.4 is 0 Å². The lowest BCUT2D eigenvalue weighted by Crippen LogP contribution is -2.73. The topological polar surface area (TPSA) is 151 Å². The third-order valence-electron chi connectivity index (χ3n) is 3.54. The van der Waals surface area contributed by atoms with Crippen molar-refractivity contribution in [3.8, 4) is 0 Å². The molecule has 1 amide bonds. The fourth-order valence-electron chi connectivity index (χ4n) is 2.47. The molecule has 0 radical (unpaired) electrons. The van der Waals surface area contributed by atoms with Gasteiger partial charge in [0.1, 0.15) is 17.7 Å². The molecule has 2 heterocycles. The highest BCUT2D eigenvalue weighted by atomic mass is 32.2. The van der Waals surface area contributed by atoms with Gasteiger partial charge in [-0.2, -0.15) is 0 Å². The van der Waals surface area contributed by atoms with Gasteiger partial charge in [0.25, 0.3) is 11.6 Å². The summed E-state index contributed by atoms with van der Waals surface area (Å²) in [5.41, 5.74) is 6.97. The van der Waals surface area contributed by atoms with Gasteiger partial charge >= 0.3 is 11.9 Å². The molecule has 0 aliphatic carbocycles. The van der Waals surface area contributed by atoms with Crippen LogP contribution in [0.5, 0.6) is 0 Å². The van der Waals surface area contributed by atoms with E-state index in [9.17, 15) is 19.5 Å². The summed E-state index contributed by atoms with van der Waals surface area (Å²) in [6.45, 7) is 1.13. The molecular weight excluding hydrogens is 356 g/mol. The average molecular weight is 372 g/mol. The molecule has 2 aliphatic heterocycles. The summed E-state index contributed by atoms with van der Waals surface area (Å²) in [5.74, 6) is -2.51. The maximum atomic E-state index is 12.6. The van der Waals surface area contributed by atoms with Crippen molar-refractivity contribution in [3.63, 3.8) is 0 Å². The standard InChI is InChI=1S/C13H16N4O7S/c1-7(18)23-5-8-6-25-12-13(15-16-14,24-4-3-22-2)11(21)17(12)9(8)10(19)20/h12H,3-6H2,1-2H3,(H,19,20)/t12-,13?/m1/s1. The van der Waals surface area contributed by atoms with E-state index in [1.54, 1.807) is 0 Å². The van der Waals surface area contributed by atoms with Crippen LogP contribution in [0, 0.1) is 0 Å². The van der Waals surface area contributed by atoms with Gasteiger partial charge in [0.2, 0.25) is 0 Å². The number of carbonyl (C=O) groups excluding carboxylic acids is 2. The molecule has 12 heteroatoms. The van der Waals surface area contributed by atoms with Crippen LogP contribution >= 0.6 is 11.8 Å². The maximum Gasteiger partial charge on any atom is 0.352 e. The highest BCUT2D eigenvalue weighted by Gasteiger charge is 2.66. The number of carboxylic acids is 1. The first-order valence-electron chi connectivity index (χ1n) is 7.12. The van der Waals surface area contributed by atoms with Gasteiger partial charge in [-0.25, -0.2) is 4.79 Å². The van der Waals surface area contributed by atoms with Crippen LogP contribution in [0.4, 0.5) is 0 Å². The van der Waals surface area contributed by atoms with E-state index in [4.69, 9.17) is 19.7 Å². The van der Waals surface area contributed by atoms with Crippen molar-refractivity contribution < 1.29 is 33.7 Å². The number of nitrogens with zero attached hydrogens (tertiary/aromatic N) is 4. The van der Waals surface area contributed by atoms with Crippen LogP contribution in [0.25, 0.3) is 10.4 Å². The highest BCUT2D eigenvalue weighted by molar-refractivity contribution is 8.00. The van der Waals surface area contributed by atoms with E-state index in [1.807, 2.05) is 0 Å². The third-order valence-corrected chi connectivity index (χ3v) is 4.90. The Kier molecular flexibility index (Phi) is 5.90. The number of thioether (sulfide) groups is 1. The van der Waals surface area contributed by atoms with Gasteiger partial charge in [0, 0.05) is 30.3 Å². The zero-order valence-corrected chi connectivity index (χ0v) is 14.3. The molecular formula is C13H16N4O7S. The van der Waals surface area contributed by atoms with E-state index in [2.05, 4.69) is 10.0 Å². The van der Waals surface area contributed by atoms with Crippen molar-refractivity contribution in [1.29, 1.82) is 0 Å². The minimum absolute atomic E-state index is 0.00140. The van der Waals surface area contributed by atoms with E-state index < -0.39 is 28.9 Å². The number of ether oxygens (including phenoxy) is 3. The molecule has 1 fully saturated rings. The Morgan fingerprint density at radius 3 is 2.80 bits per heavy atom. The number of amides is 1. The van der Waals surface area contributed by atoms with E-state index in [0.29, 0.717) is 0 Å². The largest absolute Gasteiger partial charge is 0.477 e. The summed E-state index contributed by atoms with van der Waals surface area (Å²) in [6.07, 6.45) is 0. The van der Waals surface area contributed by atoms with Crippen molar-refractivity contribution in [2.45, 2.75) is 18.0 Å². The molecule has 136 valence electrons. The van der Waals surface area contributed by atoms with Gasteiger partial charge in [0.15, 0.2) is 0 Å². The molecule has 0 aromatic carbocycles. The normalized spacial score (nSPS) is 25.0. The molecule has 2 aliphatic rings. The van der Waals surface area contributed by atoms with Crippen LogP contribution in [0.3, 0.4) is 0 Å². The van der Waals surface area contributed by atoms with Gasteiger partial charge in [-0.3, -0.25) is 14.5 Å². The molecule has 1 N–H and O–H groups in total. The molecule has 0 saturated carbocycles. The lowest BCUT2D eigenvalue weighted by atomic mass is 9.99. The highest BCUT2D eigenvalue weighted by Crippen LogP contribution is 2.48.